The highest BCUT2D eigenvalue weighted by molar-refractivity contribution is 7.22. The summed E-state index contributed by atoms with van der Waals surface area (Å²) in [6.45, 7) is 2.55. The van der Waals surface area contributed by atoms with Crippen molar-refractivity contribution in [2.75, 3.05) is 31.1 Å². The van der Waals surface area contributed by atoms with E-state index in [0.29, 0.717) is 36.8 Å². The predicted molar refractivity (Wildman–Crippen MR) is 99.1 cm³/mol. The van der Waals surface area contributed by atoms with Gasteiger partial charge < -0.3 is 9.80 Å². The minimum Gasteiger partial charge on any atom is -0.345 e. The first-order valence-electron chi connectivity index (χ1n) is 7.97. The van der Waals surface area contributed by atoms with Crippen LogP contribution >= 0.6 is 22.9 Å². The summed E-state index contributed by atoms with van der Waals surface area (Å²) >= 11 is 7.80. The number of nitrogens with zero attached hydrogens (tertiary/aromatic N) is 3. The molecule has 3 aromatic rings. The van der Waals surface area contributed by atoms with Gasteiger partial charge in [0.25, 0.3) is 5.91 Å². The lowest BCUT2D eigenvalue weighted by molar-refractivity contribution is 0.0746. The van der Waals surface area contributed by atoms with Gasteiger partial charge in [0, 0.05) is 31.7 Å². The lowest BCUT2D eigenvalue weighted by Gasteiger charge is -2.34. The molecule has 0 saturated carbocycles. The third-order valence-electron chi connectivity index (χ3n) is 4.27. The van der Waals surface area contributed by atoms with Gasteiger partial charge in [0.1, 0.15) is 11.3 Å². The maximum Gasteiger partial charge on any atom is 0.254 e. The van der Waals surface area contributed by atoms with Gasteiger partial charge in [-0.15, -0.1) is 0 Å². The molecule has 1 amide bonds. The standard InChI is InChI=1S/C18H15ClFN3OS/c19-14-5-2-6-15-16(14)21-18(25-15)23-9-7-22(8-10-23)17(24)12-3-1-4-13(20)11-12/h1-6,11H,7-10H2. The van der Waals surface area contributed by atoms with Gasteiger partial charge in [-0.2, -0.15) is 0 Å². The van der Waals surface area contributed by atoms with Crippen molar-refractivity contribution in [3.05, 3.63) is 58.9 Å². The predicted octanol–water partition coefficient (Wildman–Crippen LogP) is 4.05. The summed E-state index contributed by atoms with van der Waals surface area (Å²) < 4.78 is 14.4. The molecule has 1 aromatic heterocycles. The zero-order valence-electron chi connectivity index (χ0n) is 13.3. The van der Waals surface area contributed by atoms with Gasteiger partial charge in [-0.1, -0.05) is 35.1 Å². The van der Waals surface area contributed by atoms with Gasteiger partial charge in [0.05, 0.1) is 9.72 Å². The second-order valence-corrected chi connectivity index (χ2v) is 7.29. The molecule has 0 unspecified atom stereocenters. The van der Waals surface area contributed by atoms with E-state index in [4.69, 9.17) is 11.6 Å². The molecule has 0 bridgehead atoms. The smallest absolute Gasteiger partial charge is 0.254 e. The Morgan fingerprint density at radius 3 is 2.60 bits per heavy atom. The number of piperazine rings is 1. The summed E-state index contributed by atoms with van der Waals surface area (Å²) in [6.07, 6.45) is 0. The molecule has 1 aliphatic rings. The van der Waals surface area contributed by atoms with Crippen molar-refractivity contribution in [1.82, 2.24) is 9.88 Å². The van der Waals surface area contributed by atoms with Crippen LogP contribution in [0.2, 0.25) is 5.02 Å². The second-order valence-electron chi connectivity index (χ2n) is 5.87. The van der Waals surface area contributed by atoms with Crippen molar-refractivity contribution in [2.24, 2.45) is 0 Å². The number of carbonyl (C=O) groups is 1. The van der Waals surface area contributed by atoms with E-state index < -0.39 is 5.82 Å². The molecule has 0 radical (unpaired) electrons. The number of hydrogen-bond donors (Lipinski definition) is 0. The lowest BCUT2D eigenvalue weighted by atomic mass is 10.2. The van der Waals surface area contributed by atoms with Gasteiger partial charge in [-0.3, -0.25) is 4.79 Å². The van der Waals surface area contributed by atoms with E-state index in [1.807, 2.05) is 18.2 Å². The molecule has 0 spiro atoms. The van der Waals surface area contributed by atoms with Crippen molar-refractivity contribution in [3.8, 4) is 0 Å². The molecule has 0 aliphatic carbocycles. The van der Waals surface area contributed by atoms with Gasteiger partial charge >= 0.3 is 0 Å². The number of benzene rings is 2. The third-order valence-corrected chi connectivity index (χ3v) is 5.65. The Labute approximate surface area is 153 Å². The molecule has 1 aliphatic heterocycles. The van der Waals surface area contributed by atoms with Crippen LogP contribution in [-0.4, -0.2) is 42.0 Å². The average molecular weight is 376 g/mol. The van der Waals surface area contributed by atoms with E-state index in [0.717, 1.165) is 15.3 Å². The van der Waals surface area contributed by atoms with Gasteiger partial charge in [0.15, 0.2) is 5.13 Å². The van der Waals surface area contributed by atoms with Crippen molar-refractivity contribution >= 4 is 44.2 Å². The Morgan fingerprint density at radius 1 is 1.12 bits per heavy atom. The number of fused-ring (bicyclic) bond motifs is 1. The van der Waals surface area contributed by atoms with E-state index in [9.17, 15) is 9.18 Å². The minimum atomic E-state index is -0.393. The van der Waals surface area contributed by atoms with Gasteiger partial charge in [-0.25, -0.2) is 9.37 Å². The van der Waals surface area contributed by atoms with Crippen molar-refractivity contribution in [3.63, 3.8) is 0 Å². The minimum absolute atomic E-state index is 0.133. The fourth-order valence-corrected chi connectivity index (χ4v) is 4.26. The van der Waals surface area contributed by atoms with Crippen LogP contribution in [-0.2, 0) is 0 Å². The molecule has 0 N–H and O–H groups in total. The highest BCUT2D eigenvalue weighted by Crippen LogP contribution is 2.33. The number of anilines is 1. The van der Waals surface area contributed by atoms with Gasteiger partial charge in [-0.05, 0) is 30.3 Å². The Balaban J connectivity index is 1.47. The number of para-hydroxylation sites is 1. The summed E-state index contributed by atoms with van der Waals surface area (Å²) in [4.78, 5) is 21.0. The number of carbonyl (C=O) groups excluding carboxylic acids is 1. The van der Waals surface area contributed by atoms with E-state index in [1.54, 1.807) is 28.4 Å². The van der Waals surface area contributed by atoms with Crippen LogP contribution in [0, 0.1) is 5.82 Å². The molecule has 2 heterocycles. The molecular weight excluding hydrogens is 361 g/mol. The van der Waals surface area contributed by atoms with Crippen LogP contribution in [0.25, 0.3) is 10.2 Å². The molecule has 4 nitrogen and oxygen atoms in total. The molecule has 128 valence electrons. The van der Waals surface area contributed by atoms with Crippen LogP contribution in [0.4, 0.5) is 9.52 Å². The van der Waals surface area contributed by atoms with E-state index in [2.05, 4.69) is 9.88 Å². The SMILES string of the molecule is O=C(c1cccc(F)c1)N1CCN(c2nc3c(Cl)cccc3s2)CC1. The fraction of sp³-hybridized carbons (Fsp3) is 0.222. The maximum absolute atomic E-state index is 13.3. The Kier molecular flexibility index (Phi) is 4.31. The Morgan fingerprint density at radius 2 is 1.88 bits per heavy atom. The average Bonchev–Trinajstić information content (AvgIpc) is 3.07. The number of rotatable bonds is 2. The summed E-state index contributed by atoms with van der Waals surface area (Å²) in [6, 6.07) is 11.6. The molecule has 0 atom stereocenters. The molecule has 1 fully saturated rings. The number of aromatic nitrogens is 1. The number of halogens is 2. The fourth-order valence-electron chi connectivity index (χ4n) is 2.94. The monoisotopic (exact) mass is 375 g/mol. The molecule has 1 saturated heterocycles. The van der Waals surface area contributed by atoms with E-state index in [1.165, 1.54) is 12.1 Å². The molecule has 4 rings (SSSR count). The Bertz CT molecular complexity index is 937. The molecule has 25 heavy (non-hydrogen) atoms. The number of thiazole rings is 1. The molecule has 2 aromatic carbocycles. The maximum atomic E-state index is 13.3. The third kappa shape index (κ3) is 3.19. The zero-order valence-corrected chi connectivity index (χ0v) is 14.9. The van der Waals surface area contributed by atoms with Crippen LogP contribution < -0.4 is 4.90 Å². The summed E-state index contributed by atoms with van der Waals surface area (Å²) in [5.74, 6) is -0.526. The molecular formula is C18H15ClFN3OS. The van der Waals surface area contributed by atoms with Crippen LogP contribution in [0.1, 0.15) is 10.4 Å². The largest absolute Gasteiger partial charge is 0.345 e. The quantitative estimate of drug-likeness (QED) is 0.678. The van der Waals surface area contributed by atoms with Gasteiger partial charge in [0.2, 0.25) is 0 Å². The highest BCUT2D eigenvalue weighted by Gasteiger charge is 2.24. The van der Waals surface area contributed by atoms with Crippen molar-refractivity contribution in [2.45, 2.75) is 0 Å². The van der Waals surface area contributed by atoms with Crippen LogP contribution in [0.3, 0.4) is 0 Å². The topological polar surface area (TPSA) is 36.4 Å². The first-order valence-corrected chi connectivity index (χ1v) is 9.16. The first-order chi connectivity index (χ1) is 12.1. The highest BCUT2D eigenvalue weighted by atomic mass is 35.5. The first kappa shape index (κ1) is 16.3. The van der Waals surface area contributed by atoms with Crippen molar-refractivity contribution < 1.29 is 9.18 Å². The summed E-state index contributed by atoms with van der Waals surface area (Å²) in [5, 5.41) is 1.57. The molecule has 7 heteroatoms. The van der Waals surface area contributed by atoms with E-state index >= 15 is 0 Å². The second kappa shape index (κ2) is 6.61. The van der Waals surface area contributed by atoms with E-state index in [-0.39, 0.29) is 5.91 Å². The van der Waals surface area contributed by atoms with Crippen LogP contribution in [0.15, 0.2) is 42.5 Å². The lowest BCUT2D eigenvalue weighted by Crippen LogP contribution is -2.48. The Hall–Kier alpha value is -2.18. The summed E-state index contributed by atoms with van der Waals surface area (Å²) in [7, 11) is 0. The zero-order chi connectivity index (χ0) is 17.4. The summed E-state index contributed by atoms with van der Waals surface area (Å²) in [5.41, 5.74) is 1.21. The van der Waals surface area contributed by atoms with Crippen LogP contribution in [0.5, 0.6) is 0 Å². The number of amides is 1. The van der Waals surface area contributed by atoms with Crippen molar-refractivity contribution in [1.29, 1.82) is 0 Å². The normalized spacial score (nSPS) is 15.0. The number of hydrogen-bond acceptors (Lipinski definition) is 4.